The lowest BCUT2D eigenvalue weighted by molar-refractivity contribution is 0.197. The van der Waals surface area contributed by atoms with E-state index in [1.54, 1.807) is 7.11 Å². The fourth-order valence-corrected chi connectivity index (χ4v) is 1.06. The van der Waals surface area contributed by atoms with Crippen molar-refractivity contribution in [3.8, 4) is 5.75 Å². The van der Waals surface area contributed by atoms with Crippen LogP contribution in [0.3, 0.4) is 0 Å². The largest absolute Gasteiger partial charge is 0.492 e. The number of nitrogens with one attached hydrogen (secondary N) is 1. The zero-order chi connectivity index (χ0) is 10.1. The molecule has 0 saturated heterocycles. The molecule has 1 rings (SSSR count). The van der Waals surface area contributed by atoms with Gasteiger partial charge in [-0.3, -0.25) is 0 Å². The Morgan fingerprint density at radius 2 is 1.79 bits per heavy atom. The molecule has 1 aromatic rings. The number of hydrogen-bond donors (Lipinski definition) is 1. The van der Waals surface area contributed by atoms with Crippen molar-refractivity contribution in [1.82, 2.24) is 5.32 Å². The predicted octanol–water partition coefficient (Wildman–Crippen LogP) is 1.30. The van der Waals surface area contributed by atoms with Gasteiger partial charge in [-0.15, -0.1) is 0 Å². The molecule has 3 nitrogen and oxygen atoms in total. The molecule has 14 heavy (non-hydrogen) atoms. The molecule has 0 heterocycles. The van der Waals surface area contributed by atoms with Crippen molar-refractivity contribution in [2.24, 2.45) is 0 Å². The second-order valence-electron chi connectivity index (χ2n) is 2.90. The van der Waals surface area contributed by atoms with Gasteiger partial charge < -0.3 is 14.8 Å². The van der Waals surface area contributed by atoms with E-state index in [9.17, 15) is 0 Å². The first-order valence-electron chi connectivity index (χ1n) is 4.81. The Balaban J connectivity index is 1.99. The van der Waals surface area contributed by atoms with E-state index in [-0.39, 0.29) is 0 Å². The molecule has 3 heteroatoms. The van der Waals surface area contributed by atoms with Crippen molar-refractivity contribution in [1.29, 1.82) is 0 Å². The first kappa shape index (κ1) is 11.0. The molecule has 1 N–H and O–H groups in total. The molecule has 0 bridgehead atoms. The van der Waals surface area contributed by atoms with Crippen LogP contribution in [-0.2, 0) is 4.74 Å². The van der Waals surface area contributed by atoms with E-state index in [0.717, 1.165) is 25.4 Å². The highest BCUT2D eigenvalue weighted by Crippen LogP contribution is 2.07. The van der Waals surface area contributed by atoms with Crippen LogP contribution in [0.2, 0.25) is 0 Å². The first-order chi connectivity index (χ1) is 6.93. The van der Waals surface area contributed by atoms with Gasteiger partial charge in [0.15, 0.2) is 0 Å². The average Bonchev–Trinajstić information content (AvgIpc) is 2.25. The summed E-state index contributed by atoms with van der Waals surface area (Å²) in [6, 6.07) is 9.81. The molecule has 0 aliphatic heterocycles. The maximum Gasteiger partial charge on any atom is 0.119 e. The van der Waals surface area contributed by atoms with Crippen LogP contribution in [0.25, 0.3) is 0 Å². The van der Waals surface area contributed by atoms with Gasteiger partial charge in [0.2, 0.25) is 0 Å². The standard InChI is InChI=1S/C11H17NO2/c1-13-9-7-12-8-10-14-11-5-3-2-4-6-11/h2-6,12H,7-10H2,1H3. The van der Waals surface area contributed by atoms with Gasteiger partial charge in [-0.2, -0.15) is 0 Å². The summed E-state index contributed by atoms with van der Waals surface area (Å²) in [5.74, 6) is 0.918. The highest BCUT2D eigenvalue weighted by molar-refractivity contribution is 5.20. The van der Waals surface area contributed by atoms with Crippen LogP contribution in [0, 0.1) is 0 Å². The van der Waals surface area contributed by atoms with Gasteiger partial charge in [-0.1, -0.05) is 18.2 Å². The van der Waals surface area contributed by atoms with Crippen LogP contribution in [0.1, 0.15) is 0 Å². The Morgan fingerprint density at radius 1 is 1.07 bits per heavy atom. The van der Waals surface area contributed by atoms with E-state index in [0.29, 0.717) is 6.61 Å². The van der Waals surface area contributed by atoms with Crippen LogP contribution in [0.5, 0.6) is 5.75 Å². The first-order valence-corrected chi connectivity index (χ1v) is 4.81. The lowest BCUT2D eigenvalue weighted by atomic mass is 10.3. The average molecular weight is 195 g/mol. The van der Waals surface area contributed by atoms with Gasteiger partial charge in [-0.25, -0.2) is 0 Å². The molecule has 0 amide bonds. The van der Waals surface area contributed by atoms with Crippen LogP contribution >= 0.6 is 0 Å². The number of para-hydroxylation sites is 1. The minimum Gasteiger partial charge on any atom is -0.492 e. The van der Waals surface area contributed by atoms with E-state index in [1.165, 1.54) is 0 Å². The van der Waals surface area contributed by atoms with Crippen molar-refractivity contribution in [2.75, 3.05) is 33.4 Å². The summed E-state index contributed by atoms with van der Waals surface area (Å²) in [5.41, 5.74) is 0. The fraction of sp³-hybridized carbons (Fsp3) is 0.455. The van der Waals surface area contributed by atoms with Gasteiger partial charge in [0.05, 0.1) is 6.61 Å². The molecule has 0 unspecified atom stereocenters. The third-order valence-electron chi connectivity index (χ3n) is 1.77. The van der Waals surface area contributed by atoms with Crippen molar-refractivity contribution >= 4 is 0 Å². The zero-order valence-corrected chi connectivity index (χ0v) is 8.53. The number of hydrogen-bond acceptors (Lipinski definition) is 3. The van der Waals surface area contributed by atoms with Crippen LogP contribution in [0.4, 0.5) is 0 Å². The summed E-state index contributed by atoms with van der Waals surface area (Å²) in [4.78, 5) is 0. The van der Waals surface area contributed by atoms with E-state index in [1.807, 2.05) is 30.3 Å². The minimum absolute atomic E-state index is 0.688. The Hall–Kier alpha value is -1.06. The minimum atomic E-state index is 0.688. The Labute approximate surface area is 85.0 Å². The molecule has 0 aliphatic rings. The Bertz CT molecular complexity index is 226. The maximum atomic E-state index is 5.48. The van der Waals surface area contributed by atoms with Gasteiger partial charge in [0.25, 0.3) is 0 Å². The van der Waals surface area contributed by atoms with Crippen molar-refractivity contribution in [3.05, 3.63) is 30.3 Å². The molecular weight excluding hydrogens is 178 g/mol. The van der Waals surface area contributed by atoms with Crippen LogP contribution < -0.4 is 10.1 Å². The van der Waals surface area contributed by atoms with E-state index >= 15 is 0 Å². The quantitative estimate of drug-likeness (QED) is 0.665. The van der Waals surface area contributed by atoms with Crippen LogP contribution in [-0.4, -0.2) is 33.4 Å². The third kappa shape index (κ3) is 4.84. The maximum absolute atomic E-state index is 5.48. The lowest BCUT2D eigenvalue weighted by Crippen LogP contribution is -2.24. The topological polar surface area (TPSA) is 30.5 Å². The summed E-state index contributed by atoms with van der Waals surface area (Å²) in [6.07, 6.45) is 0. The molecule has 0 aliphatic carbocycles. The van der Waals surface area contributed by atoms with Gasteiger partial charge in [-0.05, 0) is 12.1 Å². The van der Waals surface area contributed by atoms with Crippen molar-refractivity contribution in [3.63, 3.8) is 0 Å². The second-order valence-corrected chi connectivity index (χ2v) is 2.90. The molecule has 1 aromatic carbocycles. The summed E-state index contributed by atoms with van der Waals surface area (Å²) >= 11 is 0. The number of benzene rings is 1. The summed E-state index contributed by atoms with van der Waals surface area (Å²) < 4.78 is 10.4. The molecule has 78 valence electrons. The Morgan fingerprint density at radius 3 is 2.50 bits per heavy atom. The van der Waals surface area contributed by atoms with Gasteiger partial charge >= 0.3 is 0 Å². The van der Waals surface area contributed by atoms with E-state index < -0.39 is 0 Å². The number of methoxy groups -OCH3 is 1. The molecule has 0 atom stereocenters. The fourth-order valence-electron chi connectivity index (χ4n) is 1.06. The smallest absolute Gasteiger partial charge is 0.119 e. The highest BCUT2D eigenvalue weighted by Gasteiger charge is 1.90. The molecule has 0 radical (unpaired) electrons. The van der Waals surface area contributed by atoms with Crippen molar-refractivity contribution < 1.29 is 9.47 Å². The van der Waals surface area contributed by atoms with E-state index in [4.69, 9.17) is 9.47 Å². The number of rotatable bonds is 7. The van der Waals surface area contributed by atoms with Gasteiger partial charge in [0, 0.05) is 20.2 Å². The molecule has 0 saturated carbocycles. The third-order valence-corrected chi connectivity index (χ3v) is 1.77. The summed E-state index contributed by atoms with van der Waals surface area (Å²) in [5, 5.41) is 3.21. The normalized spacial score (nSPS) is 10.1. The lowest BCUT2D eigenvalue weighted by Gasteiger charge is -2.06. The number of ether oxygens (including phenoxy) is 2. The molecule has 0 aromatic heterocycles. The van der Waals surface area contributed by atoms with Crippen molar-refractivity contribution in [2.45, 2.75) is 0 Å². The van der Waals surface area contributed by atoms with Crippen LogP contribution in [0.15, 0.2) is 30.3 Å². The second kappa shape index (κ2) is 7.35. The molecule has 0 spiro atoms. The molecular formula is C11H17NO2. The highest BCUT2D eigenvalue weighted by atomic mass is 16.5. The van der Waals surface area contributed by atoms with E-state index in [2.05, 4.69) is 5.32 Å². The monoisotopic (exact) mass is 195 g/mol. The van der Waals surface area contributed by atoms with Gasteiger partial charge in [0.1, 0.15) is 12.4 Å². The zero-order valence-electron chi connectivity index (χ0n) is 8.53. The summed E-state index contributed by atoms with van der Waals surface area (Å²) in [7, 11) is 1.70. The SMILES string of the molecule is COCCNCCOc1ccccc1. The summed E-state index contributed by atoms with van der Waals surface area (Å²) in [6.45, 7) is 3.14. The Kier molecular flexibility index (Phi) is 5.79. The predicted molar refractivity (Wildman–Crippen MR) is 56.7 cm³/mol. The molecule has 0 fully saturated rings.